The summed E-state index contributed by atoms with van der Waals surface area (Å²) >= 11 is 0. The van der Waals surface area contributed by atoms with Gasteiger partial charge < -0.3 is 23.8 Å². The number of fused-ring (bicyclic) bond motifs is 2. The summed E-state index contributed by atoms with van der Waals surface area (Å²) < 4.78 is 75.8. The van der Waals surface area contributed by atoms with Gasteiger partial charge in [0.05, 0.1) is 19.5 Å². The fourth-order valence-electron chi connectivity index (χ4n) is 5.10. The Hall–Kier alpha value is -3.75. The molecule has 13 nitrogen and oxygen atoms in total. The zero-order valence-electron chi connectivity index (χ0n) is 26.8. The standard InChI is InChI=1S/C31H38F2N5O8P/c1-7-42-26-24-25(35-20(5)36-26)38(17-34-24)29-30(6,32)28(40)31(33,45-29)16-44-47(41,37-19(4)27(39)43-15-18(2)3)46-23-14-10-12-21-11-8-9-13-22(21)23/h8-14,17-19,28-29,40H,7,15-16H2,1-6H3,(H,37,41)/t19?,28-,29+,30+,31+,47?/m0/s1. The molecule has 47 heavy (non-hydrogen) atoms. The lowest BCUT2D eigenvalue weighted by atomic mass is 9.97. The number of carbonyl (C=O) groups excluding carboxylic acids is 1. The van der Waals surface area contributed by atoms with Crippen LogP contribution >= 0.6 is 7.75 Å². The zero-order valence-corrected chi connectivity index (χ0v) is 27.7. The Labute approximate surface area is 270 Å². The van der Waals surface area contributed by atoms with E-state index in [2.05, 4.69) is 20.0 Å². The molecule has 254 valence electrons. The number of nitrogens with one attached hydrogen (secondary N) is 1. The Balaban J connectivity index is 1.44. The van der Waals surface area contributed by atoms with Gasteiger partial charge >= 0.3 is 13.7 Å². The van der Waals surface area contributed by atoms with E-state index in [0.717, 1.165) is 16.9 Å². The molecule has 1 fully saturated rings. The third-order valence-electron chi connectivity index (χ3n) is 7.43. The average Bonchev–Trinajstić information content (AvgIpc) is 3.51. The highest BCUT2D eigenvalue weighted by Crippen LogP contribution is 2.52. The van der Waals surface area contributed by atoms with Crippen LogP contribution in [0.5, 0.6) is 11.6 Å². The van der Waals surface area contributed by atoms with Crippen LogP contribution < -0.4 is 14.3 Å². The van der Waals surface area contributed by atoms with E-state index in [1.807, 2.05) is 13.8 Å². The topological polar surface area (TPSA) is 156 Å². The largest absolute Gasteiger partial charge is 0.476 e. The minimum Gasteiger partial charge on any atom is -0.476 e. The molecular weight excluding hydrogens is 639 g/mol. The monoisotopic (exact) mass is 677 g/mol. The summed E-state index contributed by atoms with van der Waals surface area (Å²) in [4.78, 5) is 25.4. The molecule has 1 saturated heterocycles. The van der Waals surface area contributed by atoms with Gasteiger partial charge in [-0.05, 0) is 45.1 Å². The zero-order chi connectivity index (χ0) is 34.1. The molecule has 2 aromatic heterocycles. The van der Waals surface area contributed by atoms with Crippen molar-refractivity contribution in [2.24, 2.45) is 5.92 Å². The first kappa shape index (κ1) is 34.6. The molecule has 0 radical (unpaired) electrons. The summed E-state index contributed by atoms with van der Waals surface area (Å²) in [6, 6.07) is 10.8. The number of aliphatic hydroxyl groups excluding tert-OH is 1. The second-order valence-corrected chi connectivity index (χ2v) is 13.6. The van der Waals surface area contributed by atoms with Gasteiger partial charge in [-0.1, -0.05) is 50.2 Å². The van der Waals surface area contributed by atoms with Crippen molar-refractivity contribution in [3.63, 3.8) is 0 Å². The highest BCUT2D eigenvalue weighted by molar-refractivity contribution is 7.52. The van der Waals surface area contributed by atoms with E-state index in [1.54, 1.807) is 50.2 Å². The number of benzene rings is 2. The minimum atomic E-state index is -4.67. The van der Waals surface area contributed by atoms with Crippen molar-refractivity contribution >= 4 is 35.7 Å². The summed E-state index contributed by atoms with van der Waals surface area (Å²) in [5.41, 5.74) is -2.51. The van der Waals surface area contributed by atoms with Crippen molar-refractivity contribution < 1.29 is 46.5 Å². The molecular formula is C31H38F2N5O8P. The summed E-state index contributed by atoms with van der Waals surface area (Å²) in [5.74, 6) is -3.47. The highest BCUT2D eigenvalue weighted by atomic mass is 31.2. The number of alkyl halides is 2. The van der Waals surface area contributed by atoms with E-state index < -0.39 is 50.2 Å². The van der Waals surface area contributed by atoms with Crippen LogP contribution in [0, 0.1) is 12.8 Å². The lowest BCUT2D eigenvalue weighted by molar-refractivity contribution is -0.202. The summed E-state index contributed by atoms with van der Waals surface area (Å²) in [6.07, 6.45) is -3.06. The average molecular weight is 678 g/mol. The maximum Gasteiger partial charge on any atom is 0.459 e. The molecule has 0 aliphatic carbocycles. The molecule has 2 unspecified atom stereocenters. The first-order valence-corrected chi connectivity index (χ1v) is 16.7. The lowest BCUT2D eigenvalue weighted by Gasteiger charge is -2.28. The van der Waals surface area contributed by atoms with E-state index >= 15 is 8.78 Å². The number of ether oxygens (including phenoxy) is 3. The number of aliphatic hydroxyl groups is 1. The van der Waals surface area contributed by atoms with Crippen LogP contribution in [-0.4, -0.2) is 74.1 Å². The Bertz CT molecular complexity index is 1800. The van der Waals surface area contributed by atoms with Crippen LogP contribution in [0.3, 0.4) is 0 Å². The Kier molecular flexibility index (Phi) is 9.86. The second kappa shape index (κ2) is 13.4. The SMILES string of the molecule is CCOc1nc(C)nc2c1ncn2[C@@H]1O[C@](F)(COP(=O)(NC(C)C(=O)OCC(C)C)Oc2cccc3ccccc23)[C@@H](O)[C@@]1(C)F. The van der Waals surface area contributed by atoms with Crippen molar-refractivity contribution in [2.45, 2.75) is 71.4 Å². The van der Waals surface area contributed by atoms with Crippen LogP contribution in [-0.2, 0) is 23.4 Å². The molecule has 5 rings (SSSR count). The molecule has 0 amide bonds. The summed E-state index contributed by atoms with van der Waals surface area (Å²) in [7, 11) is -4.67. The van der Waals surface area contributed by atoms with Gasteiger partial charge in [0, 0.05) is 5.39 Å². The number of esters is 1. The van der Waals surface area contributed by atoms with Gasteiger partial charge in [0.15, 0.2) is 29.2 Å². The number of imidazole rings is 1. The third-order valence-corrected chi connectivity index (χ3v) is 9.04. The minimum absolute atomic E-state index is 0.0326. The maximum absolute atomic E-state index is 16.5. The molecule has 1 aliphatic heterocycles. The fourth-order valence-corrected chi connectivity index (χ4v) is 6.62. The molecule has 1 aliphatic rings. The van der Waals surface area contributed by atoms with Crippen LogP contribution in [0.4, 0.5) is 8.78 Å². The van der Waals surface area contributed by atoms with E-state index in [4.69, 9.17) is 23.3 Å². The van der Waals surface area contributed by atoms with E-state index in [0.29, 0.717) is 5.39 Å². The Morgan fingerprint density at radius 3 is 2.62 bits per heavy atom. The first-order valence-electron chi connectivity index (χ1n) is 15.1. The predicted octanol–water partition coefficient (Wildman–Crippen LogP) is 5.35. The molecule has 2 aromatic carbocycles. The smallest absolute Gasteiger partial charge is 0.459 e. The maximum atomic E-state index is 16.5. The Morgan fingerprint density at radius 2 is 1.89 bits per heavy atom. The lowest BCUT2D eigenvalue weighted by Crippen LogP contribution is -2.47. The highest BCUT2D eigenvalue weighted by Gasteiger charge is 2.65. The van der Waals surface area contributed by atoms with Crippen molar-refractivity contribution in [1.82, 2.24) is 24.6 Å². The normalized spacial score (nSPS) is 24.8. The molecule has 0 bridgehead atoms. The number of hydrogen-bond acceptors (Lipinski definition) is 11. The molecule has 16 heteroatoms. The number of aromatic nitrogens is 4. The Morgan fingerprint density at radius 1 is 1.17 bits per heavy atom. The predicted molar refractivity (Wildman–Crippen MR) is 167 cm³/mol. The van der Waals surface area contributed by atoms with E-state index in [1.165, 1.54) is 19.3 Å². The molecule has 3 heterocycles. The molecule has 2 N–H and O–H groups in total. The number of carbonyl (C=O) groups is 1. The van der Waals surface area contributed by atoms with Crippen LogP contribution in [0.1, 0.15) is 46.7 Å². The van der Waals surface area contributed by atoms with Gasteiger partial charge in [0.25, 0.3) is 5.85 Å². The van der Waals surface area contributed by atoms with Gasteiger partial charge in [-0.25, -0.2) is 23.3 Å². The van der Waals surface area contributed by atoms with E-state index in [-0.39, 0.29) is 47.7 Å². The molecule has 6 atom stereocenters. The summed E-state index contributed by atoms with van der Waals surface area (Å²) in [6.45, 7) is 8.46. The van der Waals surface area contributed by atoms with Crippen molar-refractivity contribution in [3.8, 4) is 11.6 Å². The number of hydrogen-bond donors (Lipinski definition) is 2. The van der Waals surface area contributed by atoms with Crippen molar-refractivity contribution in [3.05, 3.63) is 54.6 Å². The molecule has 4 aromatic rings. The van der Waals surface area contributed by atoms with Crippen molar-refractivity contribution in [1.29, 1.82) is 0 Å². The number of halogens is 2. The van der Waals surface area contributed by atoms with Gasteiger partial charge in [0.1, 0.15) is 24.2 Å². The number of aryl methyl sites for hydroxylation is 1. The summed E-state index contributed by atoms with van der Waals surface area (Å²) in [5, 5.41) is 14.7. The second-order valence-electron chi connectivity index (χ2n) is 11.9. The van der Waals surface area contributed by atoms with Crippen LogP contribution in [0.15, 0.2) is 48.8 Å². The quantitative estimate of drug-likeness (QED) is 0.138. The van der Waals surface area contributed by atoms with Crippen LogP contribution in [0.25, 0.3) is 21.9 Å². The number of rotatable bonds is 13. The molecule has 0 saturated carbocycles. The first-order chi connectivity index (χ1) is 22.2. The van der Waals surface area contributed by atoms with Gasteiger partial charge in [0.2, 0.25) is 5.88 Å². The van der Waals surface area contributed by atoms with Gasteiger partial charge in [-0.15, -0.1) is 0 Å². The van der Waals surface area contributed by atoms with Crippen LogP contribution in [0.2, 0.25) is 0 Å². The third kappa shape index (κ3) is 7.09. The van der Waals surface area contributed by atoms with Gasteiger partial charge in [-0.3, -0.25) is 13.9 Å². The van der Waals surface area contributed by atoms with Crippen molar-refractivity contribution in [2.75, 3.05) is 19.8 Å². The fraction of sp³-hybridized carbons (Fsp3) is 0.484. The van der Waals surface area contributed by atoms with E-state index in [9.17, 15) is 14.5 Å². The molecule has 0 spiro atoms. The number of nitrogens with zero attached hydrogens (tertiary/aromatic N) is 4. The van der Waals surface area contributed by atoms with Gasteiger partial charge in [-0.2, -0.15) is 10.1 Å².